The van der Waals surface area contributed by atoms with Crippen LogP contribution in [0.1, 0.15) is 26.3 Å². The maximum absolute atomic E-state index is 12.4. The molecule has 0 aliphatic carbocycles. The van der Waals surface area contributed by atoms with Crippen molar-refractivity contribution >= 4 is 16.7 Å². The Kier molecular flexibility index (Phi) is 4.40. The predicted molar refractivity (Wildman–Crippen MR) is 81.6 cm³/mol. The van der Waals surface area contributed by atoms with Crippen LogP contribution in [0.25, 0.3) is 10.8 Å². The van der Waals surface area contributed by atoms with Gasteiger partial charge < -0.3 is 4.74 Å². The van der Waals surface area contributed by atoms with Crippen molar-refractivity contribution in [3.05, 3.63) is 48.0 Å². The summed E-state index contributed by atoms with van der Waals surface area (Å²) >= 11 is 0. The zero-order chi connectivity index (χ0) is 14.6. The Morgan fingerprint density at radius 3 is 2.55 bits per heavy atom. The van der Waals surface area contributed by atoms with E-state index in [4.69, 9.17) is 4.74 Å². The lowest BCUT2D eigenvalue weighted by molar-refractivity contribution is -0.150. The molecule has 3 heteroatoms. The van der Waals surface area contributed by atoms with Gasteiger partial charge in [-0.25, -0.2) is 4.79 Å². The number of likely N-dealkylation sites (N-methyl/N-ethyl adjacent to an activating group) is 1. The first-order valence-corrected chi connectivity index (χ1v) is 7.04. The number of ether oxygens (including phenoxy) is 1. The van der Waals surface area contributed by atoms with Crippen LogP contribution >= 0.6 is 0 Å². The first-order chi connectivity index (χ1) is 9.63. The molecule has 0 bridgehead atoms. The van der Waals surface area contributed by atoms with Crippen LogP contribution in [0.5, 0.6) is 0 Å². The summed E-state index contributed by atoms with van der Waals surface area (Å²) in [5.41, 5.74) is 0.127. The number of rotatable bonds is 5. The van der Waals surface area contributed by atoms with E-state index in [1.807, 2.05) is 51.1 Å². The van der Waals surface area contributed by atoms with Crippen LogP contribution in [0.3, 0.4) is 0 Å². The van der Waals surface area contributed by atoms with E-state index in [1.165, 1.54) is 0 Å². The summed E-state index contributed by atoms with van der Waals surface area (Å²) in [6, 6.07) is 14.1. The fourth-order valence-corrected chi connectivity index (χ4v) is 2.57. The molecule has 0 saturated heterocycles. The highest BCUT2D eigenvalue weighted by Gasteiger charge is 2.36. The molecule has 0 aliphatic heterocycles. The minimum atomic E-state index is -0.828. The molecule has 0 heterocycles. The van der Waals surface area contributed by atoms with Crippen molar-refractivity contribution in [2.24, 2.45) is 0 Å². The summed E-state index contributed by atoms with van der Waals surface area (Å²) in [4.78, 5) is 12.4. The number of hydrogen-bond donors (Lipinski definition) is 1. The molecule has 0 aliphatic rings. The molecule has 1 N–H and O–H groups in total. The van der Waals surface area contributed by atoms with Crippen molar-refractivity contribution in [3.63, 3.8) is 0 Å². The van der Waals surface area contributed by atoms with Gasteiger partial charge >= 0.3 is 5.97 Å². The standard InChI is InChI=1S/C17H21NO2/c1-4-18-17(3,16(19)20-5-2)15-12-8-10-13-9-6-7-11-14(13)15/h6-12,18H,4-5H2,1-3H3. The lowest BCUT2D eigenvalue weighted by Gasteiger charge is -2.29. The Labute approximate surface area is 119 Å². The number of fused-ring (bicyclic) bond motifs is 1. The highest BCUT2D eigenvalue weighted by molar-refractivity contribution is 5.93. The van der Waals surface area contributed by atoms with Crippen molar-refractivity contribution in [1.29, 1.82) is 0 Å². The molecule has 2 rings (SSSR count). The number of benzene rings is 2. The summed E-state index contributed by atoms with van der Waals surface area (Å²) in [6.45, 7) is 6.77. The molecule has 0 fully saturated rings. The van der Waals surface area contributed by atoms with Gasteiger partial charge in [-0.15, -0.1) is 0 Å². The van der Waals surface area contributed by atoms with Crippen LogP contribution in [0.4, 0.5) is 0 Å². The van der Waals surface area contributed by atoms with Crippen LogP contribution in [0.2, 0.25) is 0 Å². The van der Waals surface area contributed by atoms with Gasteiger partial charge in [-0.3, -0.25) is 5.32 Å². The van der Waals surface area contributed by atoms with E-state index >= 15 is 0 Å². The quantitative estimate of drug-likeness (QED) is 0.848. The summed E-state index contributed by atoms with van der Waals surface area (Å²) in [6.07, 6.45) is 0. The van der Waals surface area contributed by atoms with Crippen LogP contribution in [-0.4, -0.2) is 19.1 Å². The molecule has 2 aromatic carbocycles. The number of carbonyl (C=O) groups is 1. The summed E-state index contributed by atoms with van der Waals surface area (Å²) < 4.78 is 5.26. The third-order valence-corrected chi connectivity index (χ3v) is 3.54. The van der Waals surface area contributed by atoms with E-state index in [1.54, 1.807) is 0 Å². The minimum Gasteiger partial charge on any atom is -0.464 e. The van der Waals surface area contributed by atoms with E-state index in [9.17, 15) is 4.79 Å². The Balaban J connectivity index is 2.60. The van der Waals surface area contributed by atoms with E-state index < -0.39 is 5.54 Å². The smallest absolute Gasteiger partial charge is 0.330 e. The van der Waals surface area contributed by atoms with Gasteiger partial charge in [0.25, 0.3) is 0 Å². The monoisotopic (exact) mass is 271 g/mol. The zero-order valence-electron chi connectivity index (χ0n) is 12.3. The number of nitrogens with one attached hydrogen (secondary N) is 1. The van der Waals surface area contributed by atoms with Gasteiger partial charge in [-0.1, -0.05) is 49.4 Å². The lowest BCUT2D eigenvalue weighted by atomic mass is 9.87. The second-order valence-corrected chi connectivity index (χ2v) is 4.90. The fourth-order valence-electron chi connectivity index (χ4n) is 2.57. The minimum absolute atomic E-state index is 0.238. The molecule has 20 heavy (non-hydrogen) atoms. The molecule has 1 unspecified atom stereocenters. The average Bonchev–Trinajstić information content (AvgIpc) is 2.47. The van der Waals surface area contributed by atoms with Crippen molar-refractivity contribution in [2.75, 3.05) is 13.2 Å². The topological polar surface area (TPSA) is 38.3 Å². The fraction of sp³-hybridized carbons (Fsp3) is 0.353. The van der Waals surface area contributed by atoms with Gasteiger partial charge in [-0.2, -0.15) is 0 Å². The van der Waals surface area contributed by atoms with E-state index in [0.717, 1.165) is 16.3 Å². The van der Waals surface area contributed by atoms with Crippen molar-refractivity contribution in [3.8, 4) is 0 Å². The van der Waals surface area contributed by atoms with Gasteiger partial charge in [0.1, 0.15) is 5.54 Å². The molecule has 0 aromatic heterocycles. The predicted octanol–water partition coefficient (Wildman–Crippen LogP) is 3.23. The molecular weight excluding hydrogens is 250 g/mol. The Morgan fingerprint density at radius 1 is 1.15 bits per heavy atom. The molecular formula is C17H21NO2. The number of esters is 1. The van der Waals surface area contributed by atoms with Crippen LogP contribution in [-0.2, 0) is 15.1 Å². The van der Waals surface area contributed by atoms with Gasteiger partial charge in [0.2, 0.25) is 0 Å². The molecule has 0 spiro atoms. The van der Waals surface area contributed by atoms with Gasteiger partial charge in [-0.05, 0) is 36.7 Å². The maximum atomic E-state index is 12.4. The second-order valence-electron chi connectivity index (χ2n) is 4.90. The summed E-state index contributed by atoms with van der Waals surface area (Å²) in [5.74, 6) is -0.238. The second kappa shape index (κ2) is 6.06. The van der Waals surface area contributed by atoms with Crippen molar-refractivity contribution in [2.45, 2.75) is 26.3 Å². The molecule has 0 radical (unpaired) electrons. The summed E-state index contributed by atoms with van der Waals surface area (Å²) in [5, 5.41) is 5.48. The molecule has 106 valence electrons. The first kappa shape index (κ1) is 14.5. The zero-order valence-corrected chi connectivity index (χ0v) is 12.3. The van der Waals surface area contributed by atoms with E-state index in [2.05, 4.69) is 17.4 Å². The number of hydrogen-bond acceptors (Lipinski definition) is 3. The third kappa shape index (κ3) is 2.54. The number of carbonyl (C=O) groups excluding carboxylic acids is 1. The average molecular weight is 271 g/mol. The highest BCUT2D eigenvalue weighted by Crippen LogP contribution is 2.29. The van der Waals surface area contributed by atoms with Gasteiger partial charge in [0.15, 0.2) is 0 Å². The van der Waals surface area contributed by atoms with Gasteiger partial charge in [0, 0.05) is 0 Å². The third-order valence-electron chi connectivity index (χ3n) is 3.54. The van der Waals surface area contributed by atoms with Crippen LogP contribution < -0.4 is 5.32 Å². The van der Waals surface area contributed by atoms with Gasteiger partial charge in [0.05, 0.1) is 6.61 Å². The Morgan fingerprint density at radius 2 is 1.85 bits per heavy atom. The normalized spacial score (nSPS) is 13.9. The lowest BCUT2D eigenvalue weighted by Crippen LogP contribution is -2.47. The first-order valence-electron chi connectivity index (χ1n) is 7.04. The maximum Gasteiger partial charge on any atom is 0.330 e. The van der Waals surface area contributed by atoms with E-state index in [0.29, 0.717) is 13.2 Å². The van der Waals surface area contributed by atoms with Crippen molar-refractivity contribution in [1.82, 2.24) is 5.32 Å². The molecule has 0 amide bonds. The largest absolute Gasteiger partial charge is 0.464 e. The molecule has 0 saturated carbocycles. The molecule has 2 aromatic rings. The van der Waals surface area contributed by atoms with E-state index in [-0.39, 0.29) is 5.97 Å². The SMILES string of the molecule is CCNC(C)(C(=O)OCC)c1cccc2ccccc12. The Bertz CT molecular complexity index is 603. The van der Waals surface area contributed by atoms with Crippen molar-refractivity contribution < 1.29 is 9.53 Å². The molecule has 3 nitrogen and oxygen atoms in total. The molecule has 1 atom stereocenters. The highest BCUT2D eigenvalue weighted by atomic mass is 16.5. The van der Waals surface area contributed by atoms with Crippen LogP contribution in [0, 0.1) is 0 Å². The summed E-state index contributed by atoms with van der Waals surface area (Å²) in [7, 11) is 0. The Hall–Kier alpha value is -1.87. The van der Waals surface area contributed by atoms with Crippen LogP contribution in [0.15, 0.2) is 42.5 Å².